The van der Waals surface area contributed by atoms with E-state index in [1.807, 2.05) is 24.3 Å². The molecule has 1 aliphatic heterocycles. The summed E-state index contributed by atoms with van der Waals surface area (Å²) in [5, 5.41) is 21.7. The molecular formula is C12H15ClN2O. The van der Waals surface area contributed by atoms with E-state index in [-0.39, 0.29) is 24.4 Å². The Balaban J connectivity index is 0.00000128. The number of hydrogen-bond donors (Lipinski definition) is 2. The van der Waals surface area contributed by atoms with Crippen molar-refractivity contribution in [3.63, 3.8) is 0 Å². The van der Waals surface area contributed by atoms with Crippen molar-refractivity contribution < 1.29 is 5.11 Å². The average Bonchev–Trinajstić information content (AvgIpc) is 2.30. The Morgan fingerprint density at radius 1 is 1.31 bits per heavy atom. The molecule has 2 unspecified atom stereocenters. The molecule has 16 heavy (non-hydrogen) atoms. The highest BCUT2D eigenvalue weighted by atomic mass is 35.5. The Morgan fingerprint density at radius 3 is 2.56 bits per heavy atom. The first-order chi connectivity index (χ1) is 7.31. The highest BCUT2D eigenvalue weighted by Gasteiger charge is 2.23. The van der Waals surface area contributed by atoms with Gasteiger partial charge in [0.05, 0.1) is 17.7 Å². The highest BCUT2D eigenvalue weighted by molar-refractivity contribution is 5.85. The molecule has 3 nitrogen and oxygen atoms in total. The molecule has 1 aromatic carbocycles. The summed E-state index contributed by atoms with van der Waals surface area (Å²) < 4.78 is 0. The number of piperidine rings is 1. The molecule has 1 aromatic rings. The van der Waals surface area contributed by atoms with E-state index < -0.39 is 0 Å². The third-order valence-electron chi connectivity index (χ3n) is 2.92. The van der Waals surface area contributed by atoms with E-state index in [0.717, 1.165) is 18.5 Å². The van der Waals surface area contributed by atoms with Crippen molar-refractivity contribution in [3.05, 3.63) is 35.4 Å². The van der Waals surface area contributed by atoms with E-state index in [0.29, 0.717) is 12.1 Å². The number of hydrogen-bond acceptors (Lipinski definition) is 3. The van der Waals surface area contributed by atoms with Gasteiger partial charge in [0.1, 0.15) is 0 Å². The summed E-state index contributed by atoms with van der Waals surface area (Å²) >= 11 is 0. The van der Waals surface area contributed by atoms with Crippen molar-refractivity contribution in [2.75, 3.05) is 13.1 Å². The molecule has 86 valence electrons. The lowest BCUT2D eigenvalue weighted by molar-refractivity contribution is 0.118. The zero-order valence-corrected chi connectivity index (χ0v) is 9.70. The Hall–Kier alpha value is -1.08. The molecule has 2 N–H and O–H groups in total. The van der Waals surface area contributed by atoms with Gasteiger partial charge in [-0.15, -0.1) is 12.4 Å². The van der Waals surface area contributed by atoms with Crippen molar-refractivity contribution >= 4 is 12.4 Å². The summed E-state index contributed by atoms with van der Waals surface area (Å²) in [5.41, 5.74) is 1.80. The van der Waals surface area contributed by atoms with Crippen molar-refractivity contribution in [3.8, 4) is 6.07 Å². The lowest BCUT2D eigenvalue weighted by atomic mass is 9.87. The van der Waals surface area contributed by atoms with Crippen LogP contribution in [-0.2, 0) is 0 Å². The molecule has 2 atom stereocenters. The quantitative estimate of drug-likeness (QED) is 0.778. The molecule has 0 aliphatic carbocycles. The Bertz CT molecular complexity index is 372. The lowest BCUT2D eigenvalue weighted by Crippen LogP contribution is -2.39. The molecule has 0 radical (unpaired) electrons. The second kappa shape index (κ2) is 5.86. The van der Waals surface area contributed by atoms with Crippen LogP contribution in [0, 0.1) is 11.3 Å². The van der Waals surface area contributed by atoms with Crippen LogP contribution in [-0.4, -0.2) is 24.3 Å². The molecule has 2 rings (SSSR count). The number of β-amino-alcohol motifs (C(OH)–C–C–N with tert-alkyl or cyclic N) is 1. The number of aliphatic hydroxyl groups excluding tert-OH is 1. The summed E-state index contributed by atoms with van der Waals surface area (Å²) in [7, 11) is 0. The maximum atomic E-state index is 9.82. The molecule has 0 bridgehead atoms. The second-order valence-corrected chi connectivity index (χ2v) is 3.90. The fourth-order valence-electron chi connectivity index (χ4n) is 2.04. The van der Waals surface area contributed by atoms with Crippen molar-refractivity contribution in [2.24, 2.45) is 0 Å². The van der Waals surface area contributed by atoms with Crippen LogP contribution in [0.1, 0.15) is 23.5 Å². The van der Waals surface area contributed by atoms with Crippen LogP contribution in [0.5, 0.6) is 0 Å². The van der Waals surface area contributed by atoms with Crippen LogP contribution < -0.4 is 5.32 Å². The van der Waals surface area contributed by atoms with Gasteiger partial charge in [-0.05, 0) is 30.7 Å². The fourth-order valence-corrected chi connectivity index (χ4v) is 2.04. The number of halogens is 1. The van der Waals surface area contributed by atoms with Crippen LogP contribution in [0.15, 0.2) is 24.3 Å². The Kier molecular flexibility index (Phi) is 4.75. The SMILES string of the molecule is Cl.N#Cc1ccc(C2CCNCC2O)cc1. The number of nitrogens with zero attached hydrogens (tertiary/aromatic N) is 1. The third-order valence-corrected chi connectivity index (χ3v) is 2.92. The predicted octanol–water partition coefficient (Wildman–Crippen LogP) is 1.42. The number of benzene rings is 1. The molecule has 0 amide bonds. The summed E-state index contributed by atoms with van der Waals surface area (Å²) in [4.78, 5) is 0. The normalized spacial score (nSPS) is 24.2. The van der Waals surface area contributed by atoms with E-state index in [1.165, 1.54) is 0 Å². The summed E-state index contributed by atoms with van der Waals surface area (Å²) in [6.45, 7) is 1.60. The van der Waals surface area contributed by atoms with Crippen LogP contribution in [0.4, 0.5) is 0 Å². The van der Waals surface area contributed by atoms with Gasteiger partial charge in [-0.25, -0.2) is 0 Å². The van der Waals surface area contributed by atoms with E-state index in [2.05, 4.69) is 11.4 Å². The largest absolute Gasteiger partial charge is 0.391 e. The molecule has 1 fully saturated rings. The van der Waals surface area contributed by atoms with Crippen molar-refractivity contribution in [1.29, 1.82) is 5.26 Å². The topological polar surface area (TPSA) is 56.0 Å². The molecule has 0 aromatic heterocycles. The number of nitrogens with one attached hydrogen (secondary N) is 1. The summed E-state index contributed by atoms with van der Waals surface area (Å²) in [5.74, 6) is 0.207. The first kappa shape index (κ1) is 13.0. The molecule has 0 saturated carbocycles. The standard InChI is InChI=1S/C12H14N2O.ClH/c13-7-9-1-3-10(4-2-9)11-5-6-14-8-12(11)15;/h1-4,11-12,14-15H,5-6,8H2;1H. The summed E-state index contributed by atoms with van der Waals surface area (Å²) in [6.07, 6.45) is 0.638. The molecular weight excluding hydrogens is 224 g/mol. The Labute approximate surface area is 102 Å². The minimum Gasteiger partial charge on any atom is -0.391 e. The fraction of sp³-hybridized carbons (Fsp3) is 0.417. The first-order valence-electron chi connectivity index (χ1n) is 5.20. The zero-order chi connectivity index (χ0) is 10.7. The summed E-state index contributed by atoms with van der Waals surface area (Å²) in [6, 6.07) is 9.60. The van der Waals surface area contributed by atoms with E-state index in [1.54, 1.807) is 0 Å². The molecule has 4 heteroatoms. The minimum absolute atomic E-state index is 0. The second-order valence-electron chi connectivity index (χ2n) is 3.90. The molecule has 1 heterocycles. The van der Waals surface area contributed by atoms with Gasteiger partial charge in [0.25, 0.3) is 0 Å². The van der Waals surface area contributed by atoms with Gasteiger partial charge in [0, 0.05) is 12.5 Å². The monoisotopic (exact) mass is 238 g/mol. The molecule has 0 spiro atoms. The van der Waals surface area contributed by atoms with Gasteiger partial charge in [-0.3, -0.25) is 0 Å². The smallest absolute Gasteiger partial charge is 0.0991 e. The van der Waals surface area contributed by atoms with Gasteiger partial charge in [-0.2, -0.15) is 5.26 Å². The van der Waals surface area contributed by atoms with Crippen molar-refractivity contribution in [2.45, 2.75) is 18.4 Å². The van der Waals surface area contributed by atoms with E-state index in [9.17, 15) is 5.11 Å². The average molecular weight is 239 g/mol. The van der Waals surface area contributed by atoms with Crippen LogP contribution >= 0.6 is 12.4 Å². The predicted molar refractivity (Wildman–Crippen MR) is 64.6 cm³/mol. The maximum absolute atomic E-state index is 9.82. The highest BCUT2D eigenvalue weighted by Crippen LogP contribution is 2.25. The molecule has 1 aliphatic rings. The minimum atomic E-state index is -0.313. The van der Waals surface area contributed by atoms with Crippen LogP contribution in [0.2, 0.25) is 0 Å². The zero-order valence-electron chi connectivity index (χ0n) is 8.89. The number of nitriles is 1. The van der Waals surface area contributed by atoms with Gasteiger partial charge in [-0.1, -0.05) is 12.1 Å². The first-order valence-corrected chi connectivity index (χ1v) is 5.20. The van der Waals surface area contributed by atoms with Gasteiger partial charge in [0.2, 0.25) is 0 Å². The van der Waals surface area contributed by atoms with Crippen LogP contribution in [0.3, 0.4) is 0 Å². The molecule has 1 saturated heterocycles. The van der Waals surface area contributed by atoms with E-state index in [4.69, 9.17) is 5.26 Å². The number of aliphatic hydroxyl groups is 1. The van der Waals surface area contributed by atoms with Gasteiger partial charge >= 0.3 is 0 Å². The lowest BCUT2D eigenvalue weighted by Gasteiger charge is -2.28. The van der Waals surface area contributed by atoms with Gasteiger partial charge < -0.3 is 10.4 Å². The van der Waals surface area contributed by atoms with Crippen molar-refractivity contribution in [1.82, 2.24) is 5.32 Å². The Morgan fingerprint density at radius 2 is 2.00 bits per heavy atom. The number of rotatable bonds is 1. The third kappa shape index (κ3) is 2.73. The van der Waals surface area contributed by atoms with Gasteiger partial charge in [0.15, 0.2) is 0 Å². The maximum Gasteiger partial charge on any atom is 0.0991 e. The van der Waals surface area contributed by atoms with Crippen LogP contribution in [0.25, 0.3) is 0 Å². The van der Waals surface area contributed by atoms with E-state index >= 15 is 0 Å².